The number of rotatable bonds is 32. The summed E-state index contributed by atoms with van der Waals surface area (Å²) in [6.45, 7) is 7.83. The highest BCUT2D eigenvalue weighted by Crippen LogP contribution is 2.37. The molecule has 3 aromatic rings. The van der Waals surface area contributed by atoms with Crippen LogP contribution < -0.4 is 10.1 Å². The predicted octanol–water partition coefficient (Wildman–Crippen LogP) is 4.18. The first-order valence-electron chi connectivity index (χ1n) is 17.5. The average molecular weight is 714 g/mol. The average Bonchev–Trinajstić information content (AvgIpc) is 3.17. The van der Waals surface area contributed by atoms with Gasteiger partial charge in [-0.05, 0) is 28.8 Å². The molecule has 0 amide bonds. The van der Waals surface area contributed by atoms with Crippen LogP contribution >= 0.6 is 0 Å². The number of carbonyl (C=O) groups is 1. The van der Waals surface area contributed by atoms with Gasteiger partial charge in [0, 0.05) is 6.54 Å². The van der Waals surface area contributed by atoms with Gasteiger partial charge in [0.15, 0.2) is 0 Å². The fourth-order valence-corrected chi connectivity index (χ4v) is 5.14. The monoisotopic (exact) mass is 713 g/mol. The second-order valence-electron chi connectivity index (χ2n) is 11.2. The fourth-order valence-electron chi connectivity index (χ4n) is 5.14. The summed E-state index contributed by atoms with van der Waals surface area (Å²) >= 11 is 0. The van der Waals surface area contributed by atoms with Crippen LogP contribution in [0.5, 0.6) is 5.75 Å². The summed E-state index contributed by atoms with van der Waals surface area (Å²) in [6, 6.07) is 29.1. The van der Waals surface area contributed by atoms with Crippen LogP contribution in [-0.4, -0.2) is 130 Å². The Kier molecular flexibility index (Phi) is 22.4. The lowest BCUT2D eigenvalue weighted by molar-refractivity contribution is -0.138. The van der Waals surface area contributed by atoms with Crippen LogP contribution in [0.3, 0.4) is 0 Å². The number of carboxylic acids is 1. The number of aliphatic carboxylic acids is 1. The molecule has 0 aromatic heterocycles. The second-order valence-corrected chi connectivity index (χ2v) is 11.2. The topological polar surface area (TPSA) is 132 Å². The van der Waals surface area contributed by atoms with Crippen molar-refractivity contribution in [1.82, 2.24) is 5.32 Å². The minimum atomic E-state index is -0.874. The molecule has 282 valence electrons. The number of benzene rings is 3. The molecule has 0 radical (unpaired) electrons. The fraction of sp³-hybridized carbons (Fsp3) is 0.513. The molecule has 2 N–H and O–H groups in total. The summed E-state index contributed by atoms with van der Waals surface area (Å²) in [4.78, 5) is 10.4. The van der Waals surface area contributed by atoms with Crippen LogP contribution in [0.2, 0.25) is 0 Å². The lowest BCUT2D eigenvalue weighted by Crippen LogP contribution is -2.46. The summed E-state index contributed by atoms with van der Waals surface area (Å²) in [5, 5.41) is 12.3. The third kappa shape index (κ3) is 17.1. The van der Waals surface area contributed by atoms with E-state index < -0.39 is 11.5 Å². The molecule has 0 saturated heterocycles. The molecule has 0 atom stereocenters. The molecular weight excluding hydrogens is 658 g/mol. The summed E-state index contributed by atoms with van der Waals surface area (Å²) in [6.07, 6.45) is -0.00372. The van der Waals surface area contributed by atoms with Crippen LogP contribution in [0.15, 0.2) is 84.9 Å². The van der Waals surface area contributed by atoms with Crippen molar-refractivity contribution in [2.45, 2.75) is 12.0 Å². The SMILES string of the molecule is COc1ccc(C(NCCOCCOCCOCCOCCOCCOCCOCCOCCC(=O)O)(c2ccccc2)c2ccccc2)cc1. The van der Waals surface area contributed by atoms with Gasteiger partial charge in [0.05, 0.1) is 125 Å². The summed E-state index contributed by atoms with van der Waals surface area (Å²) in [5.41, 5.74) is 2.82. The first kappa shape index (κ1) is 42.0. The standard InChI is InChI=1S/C39H55NO11/c1-43-37-14-12-36(13-15-37)39(34-8-4-2-5-9-34,35-10-6-3-7-11-35)40-17-19-45-21-23-47-25-27-49-29-31-51-33-32-50-30-28-48-26-24-46-22-20-44-18-16-38(41)42/h2-15,40H,16-33H2,1H3,(H,41,42). The van der Waals surface area contributed by atoms with Gasteiger partial charge in [-0.3, -0.25) is 10.1 Å². The normalized spacial score (nSPS) is 11.5. The molecule has 51 heavy (non-hydrogen) atoms. The number of methoxy groups -OCH3 is 1. The highest BCUT2D eigenvalue weighted by atomic mass is 16.6. The van der Waals surface area contributed by atoms with E-state index in [1.54, 1.807) is 7.11 Å². The summed E-state index contributed by atoms with van der Waals surface area (Å²) < 4.78 is 49.5. The van der Waals surface area contributed by atoms with Crippen LogP contribution in [0, 0.1) is 0 Å². The van der Waals surface area contributed by atoms with Crippen molar-refractivity contribution >= 4 is 5.97 Å². The van der Waals surface area contributed by atoms with Crippen molar-refractivity contribution in [3.63, 3.8) is 0 Å². The van der Waals surface area contributed by atoms with Gasteiger partial charge < -0.3 is 47.7 Å². The molecule has 0 aliphatic carbocycles. The third-order valence-corrected chi connectivity index (χ3v) is 7.64. The van der Waals surface area contributed by atoms with E-state index in [0.29, 0.717) is 106 Å². The highest BCUT2D eigenvalue weighted by molar-refractivity contribution is 5.66. The number of hydrogen-bond donors (Lipinski definition) is 2. The van der Waals surface area contributed by atoms with Crippen molar-refractivity contribution in [2.24, 2.45) is 0 Å². The Morgan fingerprint density at radius 3 is 1.18 bits per heavy atom. The molecule has 0 saturated carbocycles. The van der Waals surface area contributed by atoms with Gasteiger partial charge in [0.25, 0.3) is 0 Å². The van der Waals surface area contributed by atoms with Crippen molar-refractivity contribution < 1.29 is 52.5 Å². The maximum absolute atomic E-state index is 10.4. The van der Waals surface area contributed by atoms with E-state index >= 15 is 0 Å². The molecule has 3 rings (SSSR count). The van der Waals surface area contributed by atoms with E-state index in [0.717, 1.165) is 22.4 Å². The minimum absolute atomic E-state index is 0.00372. The first-order chi connectivity index (χ1) is 25.2. The minimum Gasteiger partial charge on any atom is -0.497 e. The lowest BCUT2D eigenvalue weighted by Gasteiger charge is -2.37. The Balaban J connectivity index is 1.17. The first-order valence-corrected chi connectivity index (χ1v) is 17.5. The predicted molar refractivity (Wildman–Crippen MR) is 193 cm³/mol. The van der Waals surface area contributed by atoms with Gasteiger partial charge in [-0.15, -0.1) is 0 Å². The lowest BCUT2D eigenvalue weighted by atomic mass is 9.77. The quantitative estimate of drug-likeness (QED) is 0.0711. The zero-order valence-electron chi connectivity index (χ0n) is 29.8. The van der Waals surface area contributed by atoms with E-state index in [1.807, 2.05) is 24.3 Å². The van der Waals surface area contributed by atoms with Gasteiger partial charge in [-0.1, -0.05) is 72.8 Å². The molecule has 0 spiro atoms. The van der Waals surface area contributed by atoms with Gasteiger partial charge >= 0.3 is 5.97 Å². The summed E-state index contributed by atoms with van der Waals surface area (Å²) in [5.74, 6) is -0.0607. The maximum atomic E-state index is 10.4. The van der Waals surface area contributed by atoms with Gasteiger partial charge in [0.2, 0.25) is 0 Å². The van der Waals surface area contributed by atoms with Crippen molar-refractivity contribution in [3.8, 4) is 5.75 Å². The molecule has 12 heteroatoms. The van der Waals surface area contributed by atoms with E-state index in [9.17, 15) is 4.79 Å². The molecular formula is C39H55NO11. The van der Waals surface area contributed by atoms with E-state index in [2.05, 4.69) is 66.0 Å². The molecule has 0 heterocycles. The van der Waals surface area contributed by atoms with Crippen LogP contribution in [-0.2, 0) is 48.2 Å². The molecule has 0 aliphatic rings. The number of carboxylic acid groups (broad SMARTS) is 1. The number of nitrogens with one attached hydrogen (secondary N) is 1. The molecule has 0 aliphatic heterocycles. The number of ether oxygens (including phenoxy) is 9. The Morgan fingerprint density at radius 1 is 0.490 bits per heavy atom. The van der Waals surface area contributed by atoms with Crippen molar-refractivity contribution in [1.29, 1.82) is 0 Å². The van der Waals surface area contributed by atoms with E-state index in [-0.39, 0.29) is 13.0 Å². The highest BCUT2D eigenvalue weighted by Gasteiger charge is 2.35. The largest absolute Gasteiger partial charge is 0.497 e. The Bertz CT molecular complexity index is 1230. The van der Waals surface area contributed by atoms with Crippen LogP contribution in [0.25, 0.3) is 0 Å². The molecule has 0 unspecified atom stereocenters. The van der Waals surface area contributed by atoms with Crippen molar-refractivity contribution in [3.05, 3.63) is 102 Å². The van der Waals surface area contributed by atoms with E-state index in [4.69, 9.17) is 47.7 Å². The van der Waals surface area contributed by atoms with Gasteiger partial charge in [-0.25, -0.2) is 0 Å². The van der Waals surface area contributed by atoms with Crippen LogP contribution in [0.4, 0.5) is 0 Å². The van der Waals surface area contributed by atoms with Crippen molar-refractivity contribution in [2.75, 3.05) is 119 Å². The Morgan fingerprint density at radius 2 is 0.824 bits per heavy atom. The van der Waals surface area contributed by atoms with E-state index in [1.165, 1.54) is 0 Å². The zero-order valence-corrected chi connectivity index (χ0v) is 29.8. The van der Waals surface area contributed by atoms with Gasteiger partial charge in [0.1, 0.15) is 5.75 Å². The smallest absolute Gasteiger partial charge is 0.305 e. The molecule has 12 nitrogen and oxygen atoms in total. The molecule has 0 fully saturated rings. The van der Waals surface area contributed by atoms with Gasteiger partial charge in [-0.2, -0.15) is 0 Å². The molecule has 0 bridgehead atoms. The maximum Gasteiger partial charge on any atom is 0.305 e. The Hall–Kier alpha value is -3.43. The summed E-state index contributed by atoms with van der Waals surface area (Å²) in [7, 11) is 1.68. The molecule has 3 aromatic carbocycles. The third-order valence-electron chi connectivity index (χ3n) is 7.64. The zero-order chi connectivity index (χ0) is 36.1. The number of hydrogen-bond acceptors (Lipinski definition) is 11. The van der Waals surface area contributed by atoms with Crippen LogP contribution in [0.1, 0.15) is 23.1 Å². The second kappa shape index (κ2) is 27.3. The Labute approximate surface area is 302 Å².